The molecule has 0 aliphatic rings. The van der Waals surface area contributed by atoms with E-state index in [1.165, 1.54) is 0 Å². The van der Waals surface area contributed by atoms with Gasteiger partial charge in [0.1, 0.15) is 0 Å². The minimum absolute atomic E-state index is 0.0585. The zero-order chi connectivity index (χ0) is 14.7. The minimum Gasteiger partial charge on any atom is -0.281 e. The molecule has 0 spiro atoms. The van der Waals surface area contributed by atoms with E-state index in [1.54, 1.807) is 24.4 Å². The maximum absolute atomic E-state index is 12.3. The number of nitrogens with zero attached hydrogens (tertiary/aromatic N) is 1. The third-order valence-electron chi connectivity index (χ3n) is 3.10. The van der Waals surface area contributed by atoms with Crippen molar-refractivity contribution in [2.75, 3.05) is 4.72 Å². The van der Waals surface area contributed by atoms with Crippen LogP contribution in [0.25, 0.3) is 10.9 Å². The Morgan fingerprint density at radius 1 is 0.905 bits per heavy atom. The first-order chi connectivity index (χ1) is 10.1. The van der Waals surface area contributed by atoms with Crippen LogP contribution < -0.4 is 4.72 Å². The molecule has 0 fully saturated rings. The highest BCUT2D eigenvalue weighted by molar-refractivity contribution is 7.91. The number of pyridine rings is 1. The van der Waals surface area contributed by atoms with Crippen LogP contribution in [0.4, 0.5) is 5.69 Å². The third kappa shape index (κ3) is 3.20. The molecule has 21 heavy (non-hydrogen) atoms. The number of aromatic nitrogens is 1. The molecule has 0 aliphatic carbocycles. The van der Waals surface area contributed by atoms with E-state index in [1.807, 2.05) is 42.5 Å². The first-order valence-corrected chi connectivity index (χ1v) is 8.17. The van der Waals surface area contributed by atoms with Gasteiger partial charge in [0.25, 0.3) is 0 Å². The summed E-state index contributed by atoms with van der Waals surface area (Å²) in [6.45, 7) is 0. The Labute approximate surface area is 123 Å². The Morgan fingerprint density at radius 2 is 1.67 bits per heavy atom. The second-order valence-electron chi connectivity index (χ2n) is 4.73. The molecule has 0 saturated carbocycles. The van der Waals surface area contributed by atoms with E-state index in [4.69, 9.17) is 0 Å². The van der Waals surface area contributed by atoms with Crippen molar-refractivity contribution in [2.45, 2.75) is 5.75 Å². The molecule has 5 heteroatoms. The summed E-state index contributed by atoms with van der Waals surface area (Å²) in [6, 6.07) is 18.2. The van der Waals surface area contributed by atoms with Crippen LogP contribution in [0.2, 0.25) is 0 Å². The number of benzene rings is 2. The van der Waals surface area contributed by atoms with Gasteiger partial charge < -0.3 is 0 Å². The maximum atomic E-state index is 12.3. The maximum Gasteiger partial charge on any atom is 0.236 e. The molecule has 1 N–H and O–H groups in total. The van der Waals surface area contributed by atoms with Crippen LogP contribution in [0.3, 0.4) is 0 Å². The van der Waals surface area contributed by atoms with Gasteiger partial charge in [0.15, 0.2) is 0 Å². The van der Waals surface area contributed by atoms with E-state index in [0.29, 0.717) is 11.2 Å². The van der Waals surface area contributed by atoms with Gasteiger partial charge in [-0.2, -0.15) is 0 Å². The molecule has 0 atom stereocenters. The predicted molar refractivity (Wildman–Crippen MR) is 84.4 cm³/mol. The fourth-order valence-electron chi connectivity index (χ4n) is 2.18. The van der Waals surface area contributed by atoms with Gasteiger partial charge in [0.2, 0.25) is 10.0 Å². The summed E-state index contributed by atoms with van der Waals surface area (Å²) < 4.78 is 27.2. The van der Waals surface area contributed by atoms with Gasteiger partial charge in [0, 0.05) is 11.6 Å². The summed E-state index contributed by atoms with van der Waals surface area (Å²) in [5.41, 5.74) is 1.90. The quantitative estimate of drug-likeness (QED) is 0.805. The topological polar surface area (TPSA) is 59.1 Å². The van der Waals surface area contributed by atoms with E-state index in [-0.39, 0.29) is 5.75 Å². The Hall–Kier alpha value is -2.40. The molecule has 0 saturated heterocycles. The molecule has 0 bridgehead atoms. The number of hydrogen-bond donors (Lipinski definition) is 1. The van der Waals surface area contributed by atoms with Crippen molar-refractivity contribution in [3.8, 4) is 0 Å². The van der Waals surface area contributed by atoms with Crippen molar-refractivity contribution in [1.29, 1.82) is 0 Å². The lowest BCUT2D eigenvalue weighted by Crippen LogP contribution is -2.15. The monoisotopic (exact) mass is 298 g/mol. The average molecular weight is 298 g/mol. The average Bonchev–Trinajstić information content (AvgIpc) is 2.48. The summed E-state index contributed by atoms with van der Waals surface area (Å²) in [6.07, 6.45) is 1.65. The first kappa shape index (κ1) is 13.6. The van der Waals surface area contributed by atoms with Crippen LogP contribution >= 0.6 is 0 Å². The normalized spacial score (nSPS) is 11.4. The molecule has 1 heterocycles. The molecule has 4 nitrogen and oxygen atoms in total. The number of hydrogen-bond acceptors (Lipinski definition) is 3. The lowest BCUT2D eigenvalue weighted by Gasteiger charge is -2.10. The first-order valence-electron chi connectivity index (χ1n) is 6.52. The van der Waals surface area contributed by atoms with Gasteiger partial charge in [-0.25, -0.2) is 8.42 Å². The molecular weight excluding hydrogens is 284 g/mol. The highest BCUT2D eigenvalue weighted by atomic mass is 32.2. The Morgan fingerprint density at radius 3 is 2.48 bits per heavy atom. The molecular formula is C16H14N2O2S. The third-order valence-corrected chi connectivity index (χ3v) is 4.34. The molecule has 0 aliphatic heterocycles. The molecule has 0 amide bonds. The van der Waals surface area contributed by atoms with Gasteiger partial charge in [-0.15, -0.1) is 0 Å². The number of anilines is 1. The largest absolute Gasteiger partial charge is 0.281 e. The zero-order valence-corrected chi connectivity index (χ0v) is 12.0. The number of para-hydroxylation sites is 1. The van der Waals surface area contributed by atoms with E-state index in [9.17, 15) is 8.42 Å². The Bertz CT molecular complexity index is 856. The minimum atomic E-state index is -3.47. The van der Waals surface area contributed by atoms with Gasteiger partial charge >= 0.3 is 0 Å². The number of fused-ring (bicyclic) bond motifs is 1. The lowest BCUT2D eigenvalue weighted by atomic mass is 10.2. The summed E-state index contributed by atoms with van der Waals surface area (Å²) >= 11 is 0. The van der Waals surface area contributed by atoms with Crippen molar-refractivity contribution < 1.29 is 8.42 Å². The van der Waals surface area contributed by atoms with E-state index in [2.05, 4.69) is 9.71 Å². The van der Waals surface area contributed by atoms with Crippen molar-refractivity contribution in [2.24, 2.45) is 0 Å². The molecule has 3 aromatic rings. The fraction of sp³-hybridized carbons (Fsp3) is 0.0625. The van der Waals surface area contributed by atoms with Gasteiger partial charge in [-0.05, 0) is 17.7 Å². The van der Waals surface area contributed by atoms with Gasteiger partial charge in [0.05, 0.1) is 17.0 Å². The Balaban J connectivity index is 1.91. The highest BCUT2D eigenvalue weighted by Crippen LogP contribution is 2.22. The number of nitrogens with one attached hydrogen (secondary N) is 1. The smallest absolute Gasteiger partial charge is 0.236 e. The highest BCUT2D eigenvalue weighted by Gasteiger charge is 2.13. The summed E-state index contributed by atoms with van der Waals surface area (Å²) in [5, 5.41) is 0.900. The fourth-order valence-corrected chi connectivity index (χ4v) is 3.39. The molecule has 1 aromatic heterocycles. The SMILES string of the molecule is O=S(=O)(Cc1ccccc1)Nc1cccc2cccnc12. The van der Waals surface area contributed by atoms with Crippen molar-refractivity contribution in [1.82, 2.24) is 4.98 Å². The lowest BCUT2D eigenvalue weighted by molar-refractivity contribution is 0.600. The Kier molecular flexibility index (Phi) is 3.58. The summed E-state index contributed by atoms with van der Waals surface area (Å²) in [7, 11) is -3.47. The molecule has 2 aromatic carbocycles. The summed E-state index contributed by atoms with van der Waals surface area (Å²) in [4.78, 5) is 4.25. The van der Waals surface area contributed by atoms with E-state index in [0.717, 1.165) is 10.9 Å². The van der Waals surface area contributed by atoms with Crippen LogP contribution in [-0.4, -0.2) is 13.4 Å². The van der Waals surface area contributed by atoms with Crippen LogP contribution in [0.15, 0.2) is 66.9 Å². The molecule has 3 rings (SSSR count). The van der Waals surface area contributed by atoms with Gasteiger partial charge in [-0.1, -0.05) is 48.5 Å². The van der Waals surface area contributed by atoms with E-state index >= 15 is 0 Å². The van der Waals surface area contributed by atoms with E-state index < -0.39 is 10.0 Å². The summed E-state index contributed by atoms with van der Waals surface area (Å²) in [5.74, 6) is -0.0585. The number of sulfonamides is 1. The molecule has 106 valence electrons. The van der Waals surface area contributed by atoms with Crippen molar-refractivity contribution >= 4 is 26.6 Å². The second kappa shape index (κ2) is 5.54. The molecule has 0 unspecified atom stereocenters. The predicted octanol–water partition coefficient (Wildman–Crippen LogP) is 3.18. The van der Waals surface area contributed by atoms with Crippen molar-refractivity contribution in [3.05, 3.63) is 72.4 Å². The van der Waals surface area contributed by atoms with Gasteiger partial charge in [-0.3, -0.25) is 9.71 Å². The van der Waals surface area contributed by atoms with Crippen LogP contribution in [-0.2, 0) is 15.8 Å². The van der Waals surface area contributed by atoms with Crippen LogP contribution in [0.5, 0.6) is 0 Å². The number of rotatable bonds is 4. The van der Waals surface area contributed by atoms with Crippen LogP contribution in [0, 0.1) is 0 Å². The standard InChI is InChI=1S/C16H14N2O2S/c19-21(20,12-13-6-2-1-3-7-13)18-15-10-4-8-14-9-5-11-17-16(14)15/h1-11,18H,12H2. The van der Waals surface area contributed by atoms with Crippen molar-refractivity contribution in [3.63, 3.8) is 0 Å². The van der Waals surface area contributed by atoms with Crippen LogP contribution in [0.1, 0.15) is 5.56 Å². The zero-order valence-electron chi connectivity index (χ0n) is 11.2. The second-order valence-corrected chi connectivity index (χ2v) is 6.45. The molecule has 0 radical (unpaired) electrons.